The van der Waals surface area contributed by atoms with Gasteiger partial charge < -0.3 is 14.4 Å². The molecule has 1 heterocycles. The SMILES string of the molecule is CCCOCCc1nc(C(O)CC)no1. The van der Waals surface area contributed by atoms with E-state index in [0.717, 1.165) is 13.0 Å². The van der Waals surface area contributed by atoms with Crippen molar-refractivity contribution in [3.63, 3.8) is 0 Å². The van der Waals surface area contributed by atoms with Crippen LogP contribution in [0.15, 0.2) is 4.52 Å². The molecule has 0 aliphatic heterocycles. The van der Waals surface area contributed by atoms with Crippen molar-refractivity contribution < 1.29 is 14.4 Å². The third-order valence-corrected chi connectivity index (χ3v) is 1.98. The van der Waals surface area contributed by atoms with E-state index in [1.165, 1.54) is 0 Å². The zero-order chi connectivity index (χ0) is 11.1. The molecular weight excluding hydrogens is 196 g/mol. The van der Waals surface area contributed by atoms with Crippen LogP contribution in [-0.2, 0) is 11.2 Å². The van der Waals surface area contributed by atoms with Gasteiger partial charge in [-0.2, -0.15) is 4.98 Å². The van der Waals surface area contributed by atoms with Crippen molar-refractivity contribution in [3.8, 4) is 0 Å². The van der Waals surface area contributed by atoms with E-state index in [1.807, 2.05) is 6.92 Å². The van der Waals surface area contributed by atoms with E-state index >= 15 is 0 Å². The highest BCUT2D eigenvalue weighted by molar-refractivity contribution is 4.90. The van der Waals surface area contributed by atoms with Gasteiger partial charge in [0, 0.05) is 6.61 Å². The highest BCUT2D eigenvalue weighted by atomic mass is 16.5. The van der Waals surface area contributed by atoms with Crippen molar-refractivity contribution in [1.29, 1.82) is 0 Å². The fourth-order valence-corrected chi connectivity index (χ4v) is 1.09. The van der Waals surface area contributed by atoms with Gasteiger partial charge in [0.05, 0.1) is 13.0 Å². The molecule has 86 valence electrons. The summed E-state index contributed by atoms with van der Waals surface area (Å²) in [7, 11) is 0. The molecule has 0 aliphatic rings. The number of aliphatic hydroxyl groups excluding tert-OH is 1. The second-order valence-electron chi connectivity index (χ2n) is 3.33. The predicted octanol–water partition coefficient (Wildman–Crippen LogP) is 1.48. The zero-order valence-corrected chi connectivity index (χ0v) is 9.27. The average molecular weight is 214 g/mol. The van der Waals surface area contributed by atoms with E-state index in [-0.39, 0.29) is 0 Å². The third kappa shape index (κ3) is 3.97. The number of ether oxygens (including phenoxy) is 1. The third-order valence-electron chi connectivity index (χ3n) is 1.98. The van der Waals surface area contributed by atoms with Gasteiger partial charge in [-0.3, -0.25) is 0 Å². The molecule has 5 heteroatoms. The molecule has 1 rings (SSSR count). The lowest BCUT2D eigenvalue weighted by Crippen LogP contribution is -2.01. The summed E-state index contributed by atoms with van der Waals surface area (Å²) in [6.07, 6.45) is 1.57. The lowest BCUT2D eigenvalue weighted by Gasteiger charge is -1.99. The molecule has 15 heavy (non-hydrogen) atoms. The Kier molecular flexibility index (Phi) is 5.28. The lowest BCUT2D eigenvalue weighted by molar-refractivity contribution is 0.131. The molecule has 0 aromatic carbocycles. The quantitative estimate of drug-likeness (QED) is 0.696. The van der Waals surface area contributed by atoms with Crippen molar-refractivity contribution in [3.05, 3.63) is 11.7 Å². The first-order chi connectivity index (χ1) is 7.27. The zero-order valence-electron chi connectivity index (χ0n) is 9.27. The molecular formula is C10H18N2O3. The van der Waals surface area contributed by atoms with Gasteiger partial charge in [-0.05, 0) is 12.8 Å². The lowest BCUT2D eigenvalue weighted by atomic mass is 10.3. The Morgan fingerprint density at radius 3 is 2.87 bits per heavy atom. The van der Waals surface area contributed by atoms with Crippen molar-refractivity contribution >= 4 is 0 Å². The Hall–Kier alpha value is -0.940. The number of hydrogen-bond acceptors (Lipinski definition) is 5. The van der Waals surface area contributed by atoms with Crippen molar-refractivity contribution in [2.45, 2.75) is 39.2 Å². The molecule has 5 nitrogen and oxygen atoms in total. The minimum Gasteiger partial charge on any atom is -0.385 e. The summed E-state index contributed by atoms with van der Waals surface area (Å²) in [6, 6.07) is 0. The number of aromatic nitrogens is 2. The summed E-state index contributed by atoms with van der Waals surface area (Å²) >= 11 is 0. The molecule has 1 N–H and O–H groups in total. The Balaban J connectivity index is 2.33. The van der Waals surface area contributed by atoms with Gasteiger partial charge in [-0.1, -0.05) is 19.0 Å². The van der Waals surface area contributed by atoms with Gasteiger partial charge in [0.15, 0.2) is 5.82 Å². The molecule has 0 fully saturated rings. The molecule has 0 bridgehead atoms. The van der Waals surface area contributed by atoms with Crippen LogP contribution in [0.4, 0.5) is 0 Å². The molecule has 1 aromatic rings. The number of aliphatic hydroxyl groups is 1. The first kappa shape index (κ1) is 12.1. The number of nitrogens with zero attached hydrogens (tertiary/aromatic N) is 2. The van der Waals surface area contributed by atoms with E-state index in [2.05, 4.69) is 17.1 Å². The molecule has 0 spiro atoms. The molecule has 0 saturated carbocycles. The van der Waals surface area contributed by atoms with Crippen LogP contribution in [-0.4, -0.2) is 28.5 Å². The fraction of sp³-hybridized carbons (Fsp3) is 0.800. The topological polar surface area (TPSA) is 68.4 Å². The maximum atomic E-state index is 9.44. The molecule has 0 aliphatic carbocycles. The summed E-state index contributed by atoms with van der Waals surface area (Å²) in [5.41, 5.74) is 0. The summed E-state index contributed by atoms with van der Waals surface area (Å²) in [5, 5.41) is 13.1. The maximum absolute atomic E-state index is 9.44. The second kappa shape index (κ2) is 6.53. The van der Waals surface area contributed by atoms with Crippen LogP contribution in [0, 0.1) is 0 Å². The molecule has 0 saturated heterocycles. The highest BCUT2D eigenvalue weighted by Crippen LogP contribution is 2.12. The van der Waals surface area contributed by atoms with Crippen LogP contribution in [0.25, 0.3) is 0 Å². The van der Waals surface area contributed by atoms with E-state index in [0.29, 0.717) is 31.2 Å². The summed E-state index contributed by atoms with van der Waals surface area (Å²) in [6.45, 7) is 5.25. The molecule has 1 unspecified atom stereocenters. The molecule has 1 atom stereocenters. The first-order valence-corrected chi connectivity index (χ1v) is 5.36. The minimum atomic E-state index is -0.626. The largest absolute Gasteiger partial charge is 0.385 e. The van der Waals surface area contributed by atoms with E-state index in [9.17, 15) is 5.11 Å². The van der Waals surface area contributed by atoms with Crippen LogP contribution in [0.3, 0.4) is 0 Å². The van der Waals surface area contributed by atoms with Gasteiger partial charge in [-0.25, -0.2) is 0 Å². The number of rotatable bonds is 7. The maximum Gasteiger partial charge on any atom is 0.229 e. The van der Waals surface area contributed by atoms with Gasteiger partial charge in [-0.15, -0.1) is 0 Å². The number of hydrogen-bond donors (Lipinski definition) is 1. The second-order valence-corrected chi connectivity index (χ2v) is 3.33. The minimum absolute atomic E-state index is 0.364. The van der Waals surface area contributed by atoms with Crippen LogP contribution in [0.2, 0.25) is 0 Å². The summed E-state index contributed by atoms with van der Waals surface area (Å²) < 4.78 is 10.3. The van der Waals surface area contributed by atoms with Crippen LogP contribution in [0.1, 0.15) is 44.5 Å². The monoisotopic (exact) mass is 214 g/mol. The van der Waals surface area contributed by atoms with E-state index in [1.54, 1.807) is 0 Å². The smallest absolute Gasteiger partial charge is 0.229 e. The summed E-state index contributed by atoms with van der Waals surface area (Å²) in [5.74, 6) is 0.886. The summed E-state index contributed by atoms with van der Waals surface area (Å²) in [4.78, 5) is 4.07. The molecule has 0 amide bonds. The van der Waals surface area contributed by atoms with Crippen molar-refractivity contribution in [1.82, 2.24) is 10.1 Å². The van der Waals surface area contributed by atoms with Crippen molar-refractivity contribution in [2.75, 3.05) is 13.2 Å². The fourth-order valence-electron chi connectivity index (χ4n) is 1.09. The van der Waals surface area contributed by atoms with Gasteiger partial charge in [0.2, 0.25) is 5.89 Å². The Labute approximate surface area is 89.4 Å². The predicted molar refractivity (Wildman–Crippen MR) is 54.4 cm³/mol. The van der Waals surface area contributed by atoms with E-state index < -0.39 is 6.10 Å². The Morgan fingerprint density at radius 1 is 1.40 bits per heavy atom. The average Bonchev–Trinajstić information content (AvgIpc) is 2.72. The Bertz CT molecular complexity index is 275. The van der Waals surface area contributed by atoms with Crippen LogP contribution >= 0.6 is 0 Å². The Morgan fingerprint density at radius 2 is 2.20 bits per heavy atom. The van der Waals surface area contributed by atoms with Gasteiger partial charge in [0.1, 0.15) is 6.10 Å². The molecule has 1 aromatic heterocycles. The first-order valence-electron chi connectivity index (χ1n) is 5.36. The molecule has 0 radical (unpaired) electrons. The van der Waals surface area contributed by atoms with Gasteiger partial charge in [0.25, 0.3) is 0 Å². The van der Waals surface area contributed by atoms with E-state index in [4.69, 9.17) is 9.26 Å². The highest BCUT2D eigenvalue weighted by Gasteiger charge is 2.12. The standard InChI is InChI=1S/C10H18N2O3/c1-3-6-14-7-5-9-11-10(12-15-9)8(13)4-2/h8,13H,3-7H2,1-2H3. The normalized spacial score (nSPS) is 13.0. The van der Waals surface area contributed by atoms with Crippen LogP contribution in [0.5, 0.6) is 0 Å². The van der Waals surface area contributed by atoms with Gasteiger partial charge >= 0.3 is 0 Å². The van der Waals surface area contributed by atoms with Crippen LogP contribution < -0.4 is 0 Å². The van der Waals surface area contributed by atoms with Crippen molar-refractivity contribution in [2.24, 2.45) is 0 Å².